The summed E-state index contributed by atoms with van der Waals surface area (Å²) in [5, 5.41) is 0. The Bertz CT molecular complexity index is 237. The molecule has 22 heavy (non-hydrogen) atoms. The molecule has 0 aromatic heterocycles. The SMILES string of the molecule is C1CC[C@H]2OCCOCCOCCOCCOCCO[C@@H]2C1. The third-order valence-corrected chi connectivity index (χ3v) is 3.88. The molecule has 6 heteroatoms. The normalized spacial score (nSPS) is 31.6. The molecule has 1 saturated carbocycles. The van der Waals surface area contributed by atoms with Crippen molar-refractivity contribution in [3.63, 3.8) is 0 Å². The van der Waals surface area contributed by atoms with Gasteiger partial charge in [-0.25, -0.2) is 0 Å². The molecule has 130 valence electrons. The number of hydrogen-bond donors (Lipinski definition) is 0. The predicted molar refractivity (Wildman–Crippen MR) is 81.2 cm³/mol. The van der Waals surface area contributed by atoms with E-state index < -0.39 is 0 Å². The lowest BCUT2D eigenvalue weighted by Gasteiger charge is -2.31. The maximum Gasteiger partial charge on any atom is 0.0837 e. The molecule has 0 aromatic carbocycles. The highest BCUT2D eigenvalue weighted by Gasteiger charge is 2.26. The van der Waals surface area contributed by atoms with Crippen molar-refractivity contribution >= 4 is 0 Å². The molecule has 0 bridgehead atoms. The van der Waals surface area contributed by atoms with Gasteiger partial charge in [0.25, 0.3) is 0 Å². The van der Waals surface area contributed by atoms with Crippen LogP contribution in [0.3, 0.4) is 0 Å². The van der Waals surface area contributed by atoms with Gasteiger partial charge in [0.05, 0.1) is 78.3 Å². The highest BCUT2D eigenvalue weighted by Crippen LogP contribution is 2.23. The van der Waals surface area contributed by atoms with Crippen LogP contribution >= 0.6 is 0 Å². The van der Waals surface area contributed by atoms with E-state index in [1.54, 1.807) is 0 Å². The van der Waals surface area contributed by atoms with E-state index >= 15 is 0 Å². The van der Waals surface area contributed by atoms with Crippen molar-refractivity contribution in [1.82, 2.24) is 0 Å². The molecule has 0 unspecified atom stereocenters. The monoisotopic (exact) mass is 318 g/mol. The second-order valence-corrected chi connectivity index (χ2v) is 5.55. The molecule has 2 atom stereocenters. The summed E-state index contributed by atoms with van der Waals surface area (Å²) in [4.78, 5) is 0. The second kappa shape index (κ2) is 12.2. The van der Waals surface area contributed by atoms with Crippen molar-refractivity contribution in [2.75, 3.05) is 66.1 Å². The Morgan fingerprint density at radius 1 is 0.409 bits per heavy atom. The second-order valence-electron chi connectivity index (χ2n) is 5.55. The van der Waals surface area contributed by atoms with Gasteiger partial charge >= 0.3 is 0 Å². The molecule has 0 aromatic rings. The molecule has 1 heterocycles. The molecule has 2 aliphatic rings. The Hall–Kier alpha value is -0.240. The van der Waals surface area contributed by atoms with Crippen LogP contribution in [-0.4, -0.2) is 78.3 Å². The van der Waals surface area contributed by atoms with Gasteiger partial charge in [0, 0.05) is 0 Å². The van der Waals surface area contributed by atoms with E-state index in [2.05, 4.69) is 0 Å². The van der Waals surface area contributed by atoms with Gasteiger partial charge in [-0.3, -0.25) is 0 Å². The Kier molecular flexibility index (Phi) is 10.1. The van der Waals surface area contributed by atoms with E-state index in [0.717, 1.165) is 12.8 Å². The number of rotatable bonds is 0. The molecule has 2 rings (SSSR count). The Labute approximate surface area is 133 Å². The van der Waals surface area contributed by atoms with Crippen LogP contribution in [0.1, 0.15) is 25.7 Å². The van der Waals surface area contributed by atoms with Crippen LogP contribution in [0.5, 0.6) is 0 Å². The van der Waals surface area contributed by atoms with Gasteiger partial charge in [0.2, 0.25) is 0 Å². The lowest BCUT2D eigenvalue weighted by atomic mass is 9.94. The minimum Gasteiger partial charge on any atom is -0.377 e. The third kappa shape index (κ3) is 7.85. The first kappa shape index (κ1) is 18.1. The van der Waals surface area contributed by atoms with Gasteiger partial charge in [0.15, 0.2) is 0 Å². The third-order valence-electron chi connectivity index (χ3n) is 3.88. The molecule has 0 radical (unpaired) electrons. The van der Waals surface area contributed by atoms with Crippen LogP contribution in [0.25, 0.3) is 0 Å². The molecule has 0 spiro atoms. The summed E-state index contributed by atoms with van der Waals surface area (Å²) in [7, 11) is 0. The van der Waals surface area contributed by atoms with E-state index in [1.165, 1.54) is 12.8 Å². The summed E-state index contributed by atoms with van der Waals surface area (Å²) >= 11 is 0. The lowest BCUT2D eigenvalue weighted by Crippen LogP contribution is -2.36. The van der Waals surface area contributed by atoms with Gasteiger partial charge < -0.3 is 28.4 Å². The van der Waals surface area contributed by atoms with E-state index in [4.69, 9.17) is 28.4 Å². The average Bonchev–Trinajstić information content (AvgIpc) is 2.55. The molecule has 0 N–H and O–H groups in total. The zero-order valence-electron chi connectivity index (χ0n) is 13.5. The summed E-state index contributed by atoms with van der Waals surface area (Å²) in [6.45, 7) is 5.99. The van der Waals surface area contributed by atoms with Crippen LogP contribution in [-0.2, 0) is 28.4 Å². The maximum absolute atomic E-state index is 5.94. The number of fused-ring (bicyclic) bond motifs is 1. The van der Waals surface area contributed by atoms with Crippen LogP contribution in [0.4, 0.5) is 0 Å². The summed E-state index contributed by atoms with van der Waals surface area (Å²) in [6, 6.07) is 0. The summed E-state index contributed by atoms with van der Waals surface area (Å²) in [6.07, 6.45) is 4.96. The first-order chi connectivity index (χ1) is 11.0. The Morgan fingerprint density at radius 2 is 0.727 bits per heavy atom. The van der Waals surface area contributed by atoms with Crippen molar-refractivity contribution in [2.45, 2.75) is 37.9 Å². The Balaban J connectivity index is 1.69. The van der Waals surface area contributed by atoms with Crippen LogP contribution in [0.15, 0.2) is 0 Å². The van der Waals surface area contributed by atoms with Crippen molar-refractivity contribution in [3.05, 3.63) is 0 Å². The van der Waals surface area contributed by atoms with Crippen molar-refractivity contribution in [1.29, 1.82) is 0 Å². The Morgan fingerprint density at radius 3 is 1.09 bits per heavy atom. The molecule has 6 nitrogen and oxygen atoms in total. The van der Waals surface area contributed by atoms with Crippen LogP contribution in [0, 0.1) is 0 Å². The zero-order chi connectivity index (χ0) is 15.3. The fourth-order valence-corrected chi connectivity index (χ4v) is 2.72. The molecule has 1 saturated heterocycles. The minimum atomic E-state index is 0.191. The molecule has 1 aliphatic heterocycles. The topological polar surface area (TPSA) is 55.4 Å². The fourth-order valence-electron chi connectivity index (χ4n) is 2.72. The predicted octanol–water partition coefficient (Wildman–Crippen LogP) is 1.41. The van der Waals surface area contributed by atoms with Gasteiger partial charge in [0.1, 0.15) is 0 Å². The van der Waals surface area contributed by atoms with E-state index in [1.807, 2.05) is 0 Å². The summed E-state index contributed by atoms with van der Waals surface area (Å²) in [5.41, 5.74) is 0. The fraction of sp³-hybridized carbons (Fsp3) is 1.00. The van der Waals surface area contributed by atoms with Gasteiger partial charge in [-0.2, -0.15) is 0 Å². The quantitative estimate of drug-likeness (QED) is 0.673. The van der Waals surface area contributed by atoms with E-state index in [0.29, 0.717) is 66.1 Å². The van der Waals surface area contributed by atoms with E-state index in [-0.39, 0.29) is 12.2 Å². The van der Waals surface area contributed by atoms with E-state index in [9.17, 15) is 0 Å². The molecular weight excluding hydrogens is 288 g/mol. The zero-order valence-corrected chi connectivity index (χ0v) is 13.5. The van der Waals surface area contributed by atoms with Gasteiger partial charge in [-0.15, -0.1) is 0 Å². The smallest absolute Gasteiger partial charge is 0.0837 e. The first-order valence-corrected chi connectivity index (χ1v) is 8.51. The molecule has 2 fully saturated rings. The highest BCUT2D eigenvalue weighted by molar-refractivity contribution is 4.76. The number of hydrogen-bond acceptors (Lipinski definition) is 6. The summed E-state index contributed by atoms with van der Waals surface area (Å²) in [5.74, 6) is 0. The van der Waals surface area contributed by atoms with Crippen molar-refractivity contribution < 1.29 is 28.4 Å². The molecule has 1 aliphatic carbocycles. The van der Waals surface area contributed by atoms with Gasteiger partial charge in [-0.05, 0) is 12.8 Å². The number of ether oxygens (including phenoxy) is 6. The summed E-state index contributed by atoms with van der Waals surface area (Å²) < 4.78 is 33.7. The largest absolute Gasteiger partial charge is 0.377 e. The lowest BCUT2D eigenvalue weighted by molar-refractivity contribution is -0.113. The van der Waals surface area contributed by atoms with Crippen LogP contribution < -0.4 is 0 Å². The highest BCUT2D eigenvalue weighted by atomic mass is 16.6. The minimum absolute atomic E-state index is 0.191. The molecule has 0 amide bonds. The molecular formula is C16H30O6. The maximum atomic E-state index is 5.94. The van der Waals surface area contributed by atoms with Gasteiger partial charge in [-0.1, -0.05) is 12.8 Å². The average molecular weight is 318 g/mol. The standard InChI is InChI=1S/C16H30O6/c1-2-4-16-15(3-1)21-13-11-19-9-7-17-5-6-18-8-10-20-12-14-22-16/h15-16H,1-14H2/t15-,16-/m1/s1. The first-order valence-electron chi connectivity index (χ1n) is 8.51. The van der Waals surface area contributed by atoms with Crippen molar-refractivity contribution in [3.8, 4) is 0 Å². The van der Waals surface area contributed by atoms with Crippen molar-refractivity contribution in [2.24, 2.45) is 0 Å². The van der Waals surface area contributed by atoms with Crippen LogP contribution in [0.2, 0.25) is 0 Å².